The van der Waals surface area contributed by atoms with E-state index in [2.05, 4.69) is 5.10 Å². The Morgan fingerprint density at radius 1 is 1.57 bits per heavy atom. The molecule has 0 atom stereocenters. The van der Waals surface area contributed by atoms with Crippen LogP contribution in [0.5, 0.6) is 0 Å². The molecule has 4 heteroatoms. The molecular weight excluding hydrogens is 92.1 g/mol. The molecule has 0 unspecified atom stereocenters. The Hall–Kier alpha value is -1.19. The number of nitrogens with zero attached hydrogens (tertiary/aromatic N) is 1. The summed E-state index contributed by atoms with van der Waals surface area (Å²) >= 11 is 0. The third-order valence-corrected chi connectivity index (χ3v) is 0.416. The molecule has 7 heavy (non-hydrogen) atoms. The highest BCUT2D eigenvalue weighted by molar-refractivity contribution is 5.90. The molecule has 0 bridgehead atoms. The molecule has 0 aromatic rings. The van der Waals surface area contributed by atoms with Gasteiger partial charge in [-0.2, -0.15) is 5.10 Å². The lowest BCUT2D eigenvalue weighted by Crippen LogP contribution is -2.10. The van der Waals surface area contributed by atoms with E-state index in [-0.39, 0.29) is 5.84 Å². The van der Waals surface area contributed by atoms with Crippen molar-refractivity contribution < 1.29 is 0 Å². The van der Waals surface area contributed by atoms with Gasteiger partial charge in [0.2, 0.25) is 0 Å². The van der Waals surface area contributed by atoms with E-state index in [9.17, 15) is 0 Å². The summed E-state index contributed by atoms with van der Waals surface area (Å²) < 4.78 is 0. The van der Waals surface area contributed by atoms with Crippen molar-refractivity contribution in [2.24, 2.45) is 22.4 Å². The van der Waals surface area contributed by atoms with E-state index < -0.39 is 0 Å². The van der Waals surface area contributed by atoms with Crippen molar-refractivity contribution in [1.82, 2.24) is 0 Å². The Morgan fingerprint density at radius 2 is 2.14 bits per heavy atom. The summed E-state index contributed by atoms with van der Waals surface area (Å²) in [5.74, 6) is 4.94. The minimum absolute atomic E-state index is 0.225. The Morgan fingerprint density at radius 3 is 2.29 bits per heavy atom. The van der Waals surface area contributed by atoms with Crippen LogP contribution in [0.25, 0.3) is 0 Å². The average Bonchev–Trinajstić information content (AvgIpc) is 1.68. The van der Waals surface area contributed by atoms with Crippen LogP contribution in [0.4, 0.5) is 0 Å². The number of nitrogens with two attached hydrogens (primary N) is 3. The van der Waals surface area contributed by atoms with Gasteiger partial charge in [-0.25, -0.2) is 0 Å². The first-order valence-electron chi connectivity index (χ1n) is 1.73. The predicted octanol–water partition coefficient (Wildman–Crippen LogP) is -1.31. The number of rotatable bonds is 1. The normalized spacial score (nSPS) is 12.9. The van der Waals surface area contributed by atoms with Crippen LogP contribution in [0.2, 0.25) is 0 Å². The Balaban J connectivity index is 3.58. The van der Waals surface area contributed by atoms with Crippen molar-refractivity contribution in [2.75, 3.05) is 0 Å². The van der Waals surface area contributed by atoms with Crippen molar-refractivity contribution in [2.45, 2.75) is 0 Å². The molecule has 0 saturated carbocycles. The van der Waals surface area contributed by atoms with Crippen LogP contribution in [0, 0.1) is 0 Å². The van der Waals surface area contributed by atoms with Crippen LogP contribution in [-0.4, -0.2) is 5.84 Å². The van der Waals surface area contributed by atoms with Gasteiger partial charge in [-0.3, -0.25) is 0 Å². The number of hydrazone groups is 1. The molecule has 0 amide bonds. The van der Waals surface area contributed by atoms with E-state index in [1.807, 2.05) is 0 Å². The van der Waals surface area contributed by atoms with E-state index >= 15 is 0 Å². The summed E-state index contributed by atoms with van der Waals surface area (Å²) in [5.41, 5.74) is 9.95. The third kappa shape index (κ3) is 2.62. The van der Waals surface area contributed by atoms with Gasteiger partial charge in [0.05, 0.1) is 0 Å². The minimum Gasteiger partial charge on any atom is -0.404 e. The standard InChI is InChI=1S/C3H8N4/c4-2-1-3(5)7-6/h1-2H,4,6H2,(H2,5,7)/b2-1-. The summed E-state index contributed by atoms with van der Waals surface area (Å²) in [4.78, 5) is 0. The van der Waals surface area contributed by atoms with Crippen molar-refractivity contribution in [3.63, 3.8) is 0 Å². The monoisotopic (exact) mass is 100 g/mol. The molecule has 0 saturated heterocycles. The highest BCUT2D eigenvalue weighted by atomic mass is 15.1. The minimum atomic E-state index is 0.225. The van der Waals surface area contributed by atoms with Gasteiger partial charge in [-0.05, 0) is 12.3 Å². The van der Waals surface area contributed by atoms with Crippen LogP contribution in [0.3, 0.4) is 0 Å². The van der Waals surface area contributed by atoms with Crippen LogP contribution in [0.15, 0.2) is 17.4 Å². The molecule has 0 aliphatic carbocycles. The van der Waals surface area contributed by atoms with Crippen LogP contribution < -0.4 is 17.3 Å². The molecule has 0 aliphatic rings. The molecular formula is C3H8N4. The second kappa shape index (κ2) is 3.02. The van der Waals surface area contributed by atoms with E-state index in [4.69, 9.17) is 17.3 Å². The van der Waals surface area contributed by atoms with Crippen molar-refractivity contribution >= 4 is 5.84 Å². The van der Waals surface area contributed by atoms with Gasteiger partial charge in [0.15, 0.2) is 0 Å². The topological polar surface area (TPSA) is 90.4 Å². The fourth-order valence-electron chi connectivity index (χ4n) is 0.142. The maximum Gasteiger partial charge on any atom is 0.144 e. The van der Waals surface area contributed by atoms with Crippen LogP contribution >= 0.6 is 0 Å². The first-order valence-corrected chi connectivity index (χ1v) is 1.73. The highest BCUT2D eigenvalue weighted by Gasteiger charge is 1.73. The number of amidine groups is 1. The van der Waals surface area contributed by atoms with Crippen molar-refractivity contribution in [3.05, 3.63) is 12.3 Å². The second-order valence-electron chi connectivity index (χ2n) is 0.913. The van der Waals surface area contributed by atoms with Gasteiger partial charge in [0.1, 0.15) is 5.84 Å². The van der Waals surface area contributed by atoms with Gasteiger partial charge in [0.25, 0.3) is 0 Å². The summed E-state index contributed by atoms with van der Waals surface area (Å²) in [6.45, 7) is 0. The Labute approximate surface area is 41.7 Å². The van der Waals surface area contributed by atoms with Crippen LogP contribution in [0.1, 0.15) is 0 Å². The van der Waals surface area contributed by atoms with Gasteiger partial charge in [-0.1, -0.05) is 0 Å². The van der Waals surface area contributed by atoms with Gasteiger partial charge in [0, 0.05) is 0 Å². The lowest BCUT2D eigenvalue weighted by atomic mass is 10.6. The maximum absolute atomic E-state index is 5.04. The van der Waals surface area contributed by atoms with E-state index in [0.29, 0.717) is 0 Å². The molecule has 0 spiro atoms. The lowest BCUT2D eigenvalue weighted by Gasteiger charge is -1.81. The molecule has 0 fully saturated rings. The lowest BCUT2D eigenvalue weighted by molar-refractivity contribution is 1.23. The maximum atomic E-state index is 5.04. The van der Waals surface area contributed by atoms with Crippen molar-refractivity contribution in [1.29, 1.82) is 0 Å². The summed E-state index contributed by atoms with van der Waals surface area (Å²) in [6.07, 6.45) is 2.67. The Kier molecular flexibility index (Phi) is 2.50. The molecule has 0 rings (SSSR count). The number of hydrogen-bond acceptors (Lipinski definition) is 3. The smallest absolute Gasteiger partial charge is 0.144 e. The van der Waals surface area contributed by atoms with Gasteiger partial charge >= 0.3 is 0 Å². The zero-order chi connectivity index (χ0) is 5.70. The quantitative estimate of drug-likeness (QED) is 0.165. The summed E-state index contributed by atoms with van der Waals surface area (Å²) in [6, 6.07) is 0. The van der Waals surface area contributed by atoms with E-state index in [0.717, 1.165) is 0 Å². The molecule has 40 valence electrons. The number of hydrogen-bond donors (Lipinski definition) is 3. The highest BCUT2D eigenvalue weighted by Crippen LogP contribution is 1.61. The molecule has 0 aromatic heterocycles. The molecule has 0 heterocycles. The molecule has 0 radical (unpaired) electrons. The molecule has 0 aliphatic heterocycles. The SMILES string of the molecule is N/C=C\C(N)=N/N. The van der Waals surface area contributed by atoms with Crippen molar-refractivity contribution in [3.8, 4) is 0 Å². The summed E-state index contributed by atoms with van der Waals surface area (Å²) in [5, 5.41) is 3.11. The first kappa shape index (κ1) is 5.81. The summed E-state index contributed by atoms with van der Waals surface area (Å²) in [7, 11) is 0. The molecule has 6 N–H and O–H groups in total. The van der Waals surface area contributed by atoms with Gasteiger partial charge < -0.3 is 17.3 Å². The fraction of sp³-hybridized carbons (Fsp3) is 0. The zero-order valence-corrected chi connectivity index (χ0v) is 3.83. The van der Waals surface area contributed by atoms with Gasteiger partial charge in [-0.15, -0.1) is 0 Å². The fourth-order valence-corrected chi connectivity index (χ4v) is 0.142. The van der Waals surface area contributed by atoms with E-state index in [1.165, 1.54) is 12.3 Å². The average molecular weight is 100 g/mol. The first-order chi connectivity index (χ1) is 3.31. The Bertz CT molecular complexity index is 93.1. The zero-order valence-electron chi connectivity index (χ0n) is 3.83. The second-order valence-corrected chi connectivity index (χ2v) is 0.913. The van der Waals surface area contributed by atoms with Crippen LogP contribution in [-0.2, 0) is 0 Å². The van der Waals surface area contributed by atoms with E-state index in [1.54, 1.807) is 0 Å². The third-order valence-electron chi connectivity index (χ3n) is 0.416. The molecule has 0 aromatic carbocycles. The largest absolute Gasteiger partial charge is 0.404 e. The predicted molar refractivity (Wildman–Crippen MR) is 29.1 cm³/mol. The molecule has 4 nitrogen and oxygen atoms in total.